The van der Waals surface area contributed by atoms with Gasteiger partial charge < -0.3 is 5.11 Å². The lowest BCUT2D eigenvalue weighted by Gasteiger charge is -2.41. The molecule has 0 aliphatic carbocycles. The molecule has 0 fully saturated rings. The van der Waals surface area contributed by atoms with Crippen molar-refractivity contribution in [1.82, 2.24) is 0 Å². The minimum absolute atomic E-state index is 0.354. The van der Waals surface area contributed by atoms with Crippen molar-refractivity contribution in [2.45, 2.75) is 39.0 Å². The van der Waals surface area contributed by atoms with Crippen LogP contribution in [0.5, 0.6) is 0 Å². The standard InChI is InChI=1S/C8H14F4O/c1-4-6(2,7(3,10)11)8(12,13)5-9/h13H,4-5H2,1-3H3. The molecule has 0 aliphatic rings. The van der Waals surface area contributed by atoms with Crippen molar-refractivity contribution in [3.63, 3.8) is 0 Å². The Morgan fingerprint density at radius 2 is 1.54 bits per heavy atom. The van der Waals surface area contributed by atoms with Gasteiger partial charge in [-0.25, -0.2) is 17.6 Å². The first kappa shape index (κ1) is 12.7. The van der Waals surface area contributed by atoms with Gasteiger partial charge >= 0.3 is 0 Å². The van der Waals surface area contributed by atoms with Crippen molar-refractivity contribution < 1.29 is 22.7 Å². The number of halogens is 4. The number of hydrogen-bond acceptors (Lipinski definition) is 1. The van der Waals surface area contributed by atoms with Crippen LogP contribution in [-0.2, 0) is 0 Å². The summed E-state index contributed by atoms with van der Waals surface area (Å²) in [6, 6.07) is 0. The van der Waals surface area contributed by atoms with Gasteiger partial charge in [0.1, 0.15) is 6.67 Å². The van der Waals surface area contributed by atoms with E-state index in [1.54, 1.807) is 0 Å². The smallest absolute Gasteiger partial charge is 0.256 e. The normalized spacial score (nSPS) is 22.2. The molecule has 0 saturated heterocycles. The van der Waals surface area contributed by atoms with E-state index in [1.807, 2.05) is 0 Å². The van der Waals surface area contributed by atoms with Gasteiger partial charge in [-0.2, -0.15) is 0 Å². The third kappa shape index (κ3) is 1.95. The van der Waals surface area contributed by atoms with Crippen molar-refractivity contribution in [2.75, 3.05) is 6.67 Å². The van der Waals surface area contributed by atoms with Gasteiger partial charge in [-0.15, -0.1) is 0 Å². The molecule has 0 saturated carbocycles. The van der Waals surface area contributed by atoms with Crippen LogP contribution >= 0.6 is 0 Å². The van der Waals surface area contributed by atoms with Gasteiger partial charge in [-0.05, 0) is 13.3 Å². The van der Waals surface area contributed by atoms with E-state index in [9.17, 15) is 17.6 Å². The van der Waals surface area contributed by atoms with E-state index < -0.39 is 23.9 Å². The van der Waals surface area contributed by atoms with Crippen LogP contribution in [0.2, 0.25) is 0 Å². The molecule has 0 amide bonds. The number of aliphatic hydroxyl groups is 1. The molecular weight excluding hydrogens is 188 g/mol. The molecule has 2 unspecified atom stereocenters. The second-order valence-corrected chi connectivity index (χ2v) is 3.47. The molecular formula is C8H14F4O. The highest BCUT2D eigenvalue weighted by atomic mass is 19.3. The van der Waals surface area contributed by atoms with Crippen LogP contribution in [0, 0.1) is 5.41 Å². The Morgan fingerprint density at radius 1 is 1.15 bits per heavy atom. The molecule has 0 radical (unpaired) electrons. The summed E-state index contributed by atoms with van der Waals surface area (Å²) in [6.07, 6.45) is -0.354. The predicted octanol–water partition coefficient (Wildman–Crippen LogP) is 2.69. The van der Waals surface area contributed by atoms with Crippen LogP contribution in [0.4, 0.5) is 17.6 Å². The zero-order valence-electron chi connectivity index (χ0n) is 7.87. The van der Waals surface area contributed by atoms with Gasteiger partial charge in [0.2, 0.25) is 5.85 Å². The summed E-state index contributed by atoms with van der Waals surface area (Å²) in [7, 11) is 0. The molecule has 0 aromatic carbocycles. The van der Waals surface area contributed by atoms with E-state index in [1.165, 1.54) is 6.92 Å². The summed E-state index contributed by atoms with van der Waals surface area (Å²) < 4.78 is 50.9. The third-order valence-corrected chi connectivity index (χ3v) is 2.70. The molecule has 1 nitrogen and oxygen atoms in total. The minimum Gasteiger partial charge on any atom is -0.359 e. The molecule has 0 aromatic rings. The number of alkyl halides is 4. The molecule has 80 valence electrons. The first-order chi connectivity index (χ1) is 5.62. The number of rotatable bonds is 4. The summed E-state index contributed by atoms with van der Waals surface area (Å²) in [5.41, 5.74) is -2.39. The maximum absolute atomic E-state index is 13.1. The Kier molecular flexibility index (Phi) is 3.36. The van der Waals surface area contributed by atoms with E-state index in [2.05, 4.69) is 0 Å². The lowest BCUT2D eigenvalue weighted by atomic mass is 9.75. The van der Waals surface area contributed by atoms with Gasteiger partial charge in [0.25, 0.3) is 5.92 Å². The Morgan fingerprint density at radius 3 is 1.62 bits per heavy atom. The monoisotopic (exact) mass is 202 g/mol. The van der Waals surface area contributed by atoms with Gasteiger partial charge in [0.05, 0.1) is 5.41 Å². The molecule has 13 heavy (non-hydrogen) atoms. The SMILES string of the molecule is CCC(C)(C(C)(F)F)C(O)(F)CF. The Hall–Kier alpha value is -0.320. The van der Waals surface area contributed by atoms with Gasteiger partial charge in [-0.1, -0.05) is 6.92 Å². The average molecular weight is 202 g/mol. The second-order valence-electron chi connectivity index (χ2n) is 3.47. The molecule has 0 aliphatic heterocycles. The summed E-state index contributed by atoms with van der Waals surface area (Å²) in [4.78, 5) is 0. The summed E-state index contributed by atoms with van der Waals surface area (Å²) in [5.74, 6) is -6.96. The topological polar surface area (TPSA) is 20.2 Å². The molecule has 1 N–H and O–H groups in total. The predicted molar refractivity (Wildman–Crippen MR) is 41.1 cm³/mol. The van der Waals surface area contributed by atoms with Gasteiger partial charge in [0, 0.05) is 6.92 Å². The van der Waals surface area contributed by atoms with E-state index in [0.717, 1.165) is 6.92 Å². The summed E-state index contributed by atoms with van der Waals surface area (Å²) >= 11 is 0. The highest BCUT2D eigenvalue weighted by Gasteiger charge is 2.59. The molecule has 0 bridgehead atoms. The zero-order chi connectivity index (χ0) is 10.9. The van der Waals surface area contributed by atoms with Crippen molar-refractivity contribution in [1.29, 1.82) is 0 Å². The lowest BCUT2D eigenvalue weighted by molar-refractivity contribution is -0.267. The van der Waals surface area contributed by atoms with Crippen LogP contribution in [0.3, 0.4) is 0 Å². The maximum Gasteiger partial charge on any atom is 0.256 e. The minimum atomic E-state index is -3.49. The Labute approximate surface area is 74.8 Å². The first-order valence-corrected chi connectivity index (χ1v) is 3.97. The summed E-state index contributed by atoms with van der Waals surface area (Å²) in [6.45, 7) is 0.738. The fourth-order valence-electron chi connectivity index (χ4n) is 1.07. The van der Waals surface area contributed by atoms with Crippen LogP contribution in [0.1, 0.15) is 27.2 Å². The Bertz CT molecular complexity index is 175. The first-order valence-electron chi connectivity index (χ1n) is 3.97. The van der Waals surface area contributed by atoms with Crippen LogP contribution < -0.4 is 0 Å². The fourth-order valence-corrected chi connectivity index (χ4v) is 1.07. The second kappa shape index (κ2) is 3.44. The van der Waals surface area contributed by atoms with Gasteiger partial charge in [-0.3, -0.25) is 0 Å². The molecule has 5 heteroatoms. The fraction of sp³-hybridized carbons (Fsp3) is 1.00. The molecule has 0 spiro atoms. The average Bonchev–Trinajstić information content (AvgIpc) is 2.00. The van der Waals surface area contributed by atoms with E-state index in [-0.39, 0.29) is 6.42 Å². The Balaban J connectivity index is 5.06. The van der Waals surface area contributed by atoms with E-state index in [0.29, 0.717) is 6.92 Å². The molecule has 0 rings (SSSR count). The number of hydrogen-bond donors (Lipinski definition) is 1. The largest absolute Gasteiger partial charge is 0.359 e. The highest BCUT2D eigenvalue weighted by molar-refractivity contribution is 4.95. The summed E-state index contributed by atoms with van der Waals surface area (Å²) in [5, 5.41) is 8.86. The van der Waals surface area contributed by atoms with Gasteiger partial charge in [0.15, 0.2) is 0 Å². The van der Waals surface area contributed by atoms with E-state index >= 15 is 0 Å². The molecule has 2 atom stereocenters. The van der Waals surface area contributed by atoms with Crippen molar-refractivity contribution in [2.24, 2.45) is 5.41 Å². The van der Waals surface area contributed by atoms with E-state index in [4.69, 9.17) is 5.11 Å². The lowest BCUT2D eigenvalue weighted by Crippen LogP contribution is -2.54. The third-order valence-electron chi connectivity index (χ3n) is 2.70. The van der Waals surface area contributed by atoms with Crippen LogP contribution in [-0.4, -0.2) is 23.6 Å². The van der Waals surface area contributed by atoms with Crippen molar-refractivity contribution in [3.8, 4) is 0 Å². The maximum atomic E-state index is 13.1. The zero-order valence-corrected chi connectivity index (χ0v) is 7.87. The molecule has 0 heterocycles. The highest BCUT2D eigenvalue weighted by Crippen LogP contribution is 2.48. The van der Waals surface area contributed by atoms with Crippen LogP contribution in [0.25, 0.3) is 0 Å². The van der Waals surface area contributed by atoms with Crippen LogP contribution in [0.15, 0.2) is 0 Å². The quantitative estimate of drug-likeness (QED) is 0.695. The molecule has 0 aromatic heterocycles. The van der Waals surface area contributed by atoms with Crippen molar-refractivity contribution in [3.05, 3.63) is 0 Å². The van der Waals surface area contributed by atoms with Crippen molar-refractivity contribution >= 4 is 0 Å².